The van der Waals surface area contributed by atoms with E-state index in [4.69, 9.17) is 0 Å². The highest BCUT2D eigenvalue weighted by Gasteiger charge is 2.20. The summed E-state index contributed by atoms with van der Waals surface area (Å²) in [6, 6.07) is 18.2. The van der Waals surface area contributed by atoms with Gasteiger partial charge in [0, 0.05) is 5.56 Å². The maximum absolute atomic E-state index is 3.27. The number of unbranched alkanes of at least 4 members (excludes halogenated alkanes) is 2. The standard InChI is InChI=1S/C30H38/c1-3-5-6-10-27-17-21-29(22-18-27)30-23-19-28(20-24-30)12-8-7-11-26-15-13-25(9-4-2)14-16-26/h8,12-18,21-22,28,30H,3-6,9-10,19-20,23-24H2,1-2H3/b12-8+. The summed E-state index contributed by atoms with van der Waals surface area (Å²) < 4.78 is 0. The summed E-state index contributed by atoms with van der Waals surface area (Å²) >= 11 is 0. The summed E-state index contributed by atoms with van der Waals surface area (Å²) in [6.45, 7) is 4.49. The molecule has 1 aliphatic rings. The Morgan fingerprint density at radius 3 is 2.10 bits per heavy atom. The van der Waals surface area contributed by atoms with Crippen LogP contribution in [0.25, 0.3) is 0 Å². The van der Waals surface area contributed by atoms with Gasteiger partial charge >= 0.3 is 0 Å². The first kappa shape index (κ1) is 22.4. The van der Waals surface area contributed by atoms with Crippen LogP contribution in [0, 0.1) is 17.8 Å². The van der Waals surface area contributed by atoms with Crippen molar-refractivity contribution in [1.82, 2.24) is 0 Å². The van der Waals surface area contributed by atoms with Gasteiger partial charge in [0.1, 0.15) is 0 Å². The third-order valence-corrected chi connectivity index (χ3v) is 6.45. The number of aryl methyl sites for hydroxylation is 2. The molecule has 0 amide bonds. The minimum absolute atomic E-state index is 0.691. The molecule has 2 aromatic carbocycles. The van der Waals surface area contributed by atoms with Crippen molar-refractivity contribution < 1.29 is 0 Å². The zero-order valence-corrected chi connectivity index (χ0v) is 19.0. The summed E-state index contributed by atoms with van der Waals surface area (Å²) in [6.07, 6.45) is 17.1. The first-order chi connectivity index (χ1) is 14.8. The van der Waals surface area contributed by atoms with Gasteiger partial charge in [0.25, 0.3) is 0 Å². The van der Waals surface area contributed by atoms with Crippen molar-refractivity contribution in [3.63, 3.8) is 0 Å². The minimum Gasteiger partial charge on any atom is -0.0730 e. The van der Waals surface area contributed by atoms with Crippen LogP contribution in [0.3, 0.4) is 0 Å². The summed E-state index contributed by atoms with van der Waals surface area (Å²) in [5, 5.41) is 0. The van der Waals surface area contributed by atoms with Gasteiger partial charge in [-0.2, -0.15) is 0 Å². The van der Waals surface area contributed by atoms with E-state index in [0.29, 0.717) is 5.92 Å². The van der Waals surface area contributed by atoms with Crippen LogP contribution in [0.1, 0.15) is 93.4 Å². The smallest absolute Gasteiger partial charge is 0.0249 e. The molecular formula is C30H38. The number of hydrogen-bond donors (Lipinski definition) is 0. The number of rotatable bonds is 8. The van der Waals surface area contributed by atoms with Gasteiger partial charge in [0.2, 0.25) is 0 Å². The van der Waals surface area contributed by atoms with Crippen molar-refractivity contribution >= 4 is 0 Å². The highest BCUT2D eigenvalue weighted by atomic mass is 14.3. The molecule has 2 aromatic rings. The second-order valence-corrected chi connectivity index (χ2v) is 8.89. The molecule has 158 valence electrons. The Morgan fingerprint density at radius 1 is 0.767 bits per heavy atom. The van der Waals surface area contributed by atoms with E-state index in [-0.39, 0.29) is 0 Å². The second kappa shape index (κ2) is 12.4. The second-order valence-electron chi connectivity index (χ2n) is 8.89. The van der Waals surface area contributed by atoms with Crippen LogP contribution >= 0.6 is 0 Å². The molecule has 0 N–H and O–H groups in total. The van der Waals surface area contributed by atoms with Gasteiger partial charge in [-0.1, -0.05) is 87.4 Å². The lowest BCUT2D eigenvalue weighted by molar-refractivity contribution is 0.376. The zero-order chi connectivity index (χ0) is 21.0. The number of hydrogen-bond acceptors (Lipinski definition) is 0. The van der Waals surface area contributed by atoms with E-state index in [1.54, 1.807) is 5.56 Å². The molecule has 0 spiro atoms. The van der Waals surface area contributed by atoms with Crippen molar-refractivity contribution in [2.75, 3.05) is 0 Å². The van der Waals surface area contributed by atoms with Crippen LogP contribution in [-0.2, 0) is 12.8 Å². The lowest BCUT2D eigenvalue weighted by Gasteiger charge is -2.27. The monoisotopic (exact) mass is 398 g/mol. The number of allylic oxidation sites excluding steroid dienone is 2. The fourth-order valence-corrected chi connectivity index (χ4v) is 4.53. The lowest BCUT2D eigenvalue weighted by Crippen LogP contribution is -2.11. The van der Waals surface area contributed by atoms with Crippen molar-refractivity contribution in [3.8, 4) is 11.8 Å². The Hall–Kier alpha value is -2.26. The van der Waals surface area contributed by atoms with E-state index < -0.39 is 0 Å². The Bertz CT molecular complexity index is 818. The van der Waals surface area contributed by atoms with Gasteiger partial charge in [0.15, 0.2) is 0 Å². The van der Waals surface area contributed by atoms with Crippen LogP contribution in [0.5, 0.6) is 0 Å². The van der Waals surface area contributed by atoms with Crippen molar-refractivity contribution in [2.24, 2.45) is 5.92 Å². The Balaban J connectivity index is 1.43. The molecule has 0 bridgehead atoms. The van der Waals surface area contributed by atoms with Crippen LogP contribution in [-0.4, -0.2) is 0 Å². The Kier molecular flexibility index (Phi) is 9.30. The first-order valence-electron chi connectivity index (χ1n) is 12.1. The van der Waals surface area contributed by atoms with Crippen LogP contribution in [0.4, 0.5) is 0 Å². The van der Waals surface area contributed by atoms with Crippen LogP contribution in [0.2, 0.25) is 0 Å². The topological polar surface area (TPSA) is 0 Å². The van der Waals surface area contributed by atoms with Crippen LogP contribution in [0.15, 0.2) is 60.7 Å². The van der Waals surface area contributed by atoms with Gasteiger partial charge in [-0.05, 0) is 91.7 Å². The normalized spacial score (nSPS) is 18.9. The lowest BCUT2D eigenvalue weighted by atomic mass is 9.78. The fraction of sp³-hybridized carbons (Fsp3) is 0.467. The van der Waals surface area contributed by atoms with E-state index in [1.165, 1.54) is 68.9 Å². The summed E-state index contributed by atoms with van der Waals surface area (Å²) in [4.78, 5) is 0. The highest BCUT2D eigenvalue weighted by molar-refractivity contribution is 5.38. The largest absolute Gasteiger partial charge is 0.0730 e. The third-order valence-electron chi connectivity index (χ3n) is 6.45. The van der Waals surface area contributed by atoms with E-state index >= 15 is 0 Å². The zero-order valence-electron chi connectivity index (χ0n) is 19.0. The predicted octanol–water partition coefficient (Wildman–Crippen LogP) is 8.25. The highest BCUT2D eigenvalue weighted by Crippen LogP contribution is 2.36. The molecular weight excluding hydrogens is 360 g/mol. The van der Waals surface area contributed by atoms with Gasteiger partial charge in [-0.3, -0.25) is 0 Å². The third kappa shape index (κ3) is 7.21. The fourth-order valence-electron chi connectivity index (χ4n) is 4.53. The SMILES string of the molecule is CCCCCc1ccc(C2CCC(/C=C/C#Cc3ccc(CCC)cc3)CC2)cc1. The molecule has 3 rings (SSSR count). The Labute approximate surface area is 184 Å². The molecule has 0 atom stereocenters. The summed E-state index contributed by atoms with van der Waals surface area (Å²) in [7, 11) is 0. The first-order valence-corrected chi connectivity index (χ1v) is 12.1. The molecule has 0 nitrogen and oxygen atoms in total. The molecule has 0 aromatic heterocycles. The van der Waals surface area contributed by atoms with E-state index in [9.17, 15) is 0 Å². The summed E-state index contributed by atoms with van der Waals surface area (Å²) in [5.74, 6) is 7.95. The van der Waals surface area contributed by atoms with Crippen molar-refractivity contribution in [2.45, 2.75) is 84.0 Å². The van der Waals surface area contributed by atoms with Crippen molar-refractivity contribution in [3.05, 3.63) is 82.9 Å². The average Bonchev–Trinajstić information content (AvgIpc) is 2.79. The molecule has 0 heterocycles. The molecule has 0 unspecified atom stereocenters. The molecule has 0 saturated heterocycles. The summed E-state index contributed by atoms with van der Waals surface area (Å²) in [5.41, 5.74) is 5.56. The maximum atomic E-state index is 3.27. The predicted molar refractivity (Wildman–Crippen MR) is 131 cm³/mol. The maximum Gasteiger partial charge on any atom is 0.0249 e. The minimum atomic E-state index is 0.691. The quantitative estimate of drug-likeness (QED) is 0.310. The van der Waals surface area contributed by atoms with E-state index in [0.717, 1.165) is 17.9 Å². The molecule has 30 heavy (non-hydrogen) atoms. The molecule has 0 radical (unpaired) electrons. The van der Waals surface area contributed by atoms with Crippen LogP contribution < -0.4 is 0 Å². The van der Waals surface area contributed by atoms with Gasteiger partial charge in [-0.25, -0.2) is 0 Å². The van der Waals surface area contributed by atoms with E-state index in [2.05, 4.69) is 86.4 Å². The Morgan fingerprint density at radius 2 is 1.43 bits per heavy atom. The number of benzene rings is 2. The van der Waals surface area contributed by atoms with Gasteiger partial charge < -0.3 is 0 Å². The van der Waals surface area contributed by atoms with Crippen molar-refractivity contribution in [1.29, 1.82) is 0 Å². The van der Waals surface area contributed by atoms with Gasteiger partial charge in [0.05, 0.1) is 0 Å². The molecule has 1 fully saturated rings. The molecule has 0 aliphatic heterocycles. The van der Waals surface area contributed by atoms with E-state index in [1.807, 2.05) is 0 Å². The molecule has 1 aliphatic carbocycles. The van der Waals surface area contributed by atoms with Gasteiger partial charge in [-0.15, -0.1) is 0 Å². The molecule has 0 heteroatoms. The molecule has 1 saturated carbocycles. The average molecular weight is 399 g/mol.